The Bertz CT molecular complexity index is 382. The van der Waals surface area contributed by atoms with E-state index < -0.39 is 38.1 Å². The molecule has 7 heteroatoms. The standard InChI is InChI=1S/C16H33NO5Si/c1-8-12(17-15(20)21-16(5,6)7)13(14(18)19)22-23(9-2,10-3)11-4/h12-13H,8-11H2,1-7H3,(H,17,20)(H,18,19)/t12-,13+/m0/s1. The Kier molecular flexibility index (Phi) is 8.83. The van der Waals surface area contributed by atoms with Crippen LogP contribution in [-0.4, -0.2) is 43.2 Å². The van der Waals surface area contributed by atoms with E-state index in [1.54, 1.807) is 20.8 Å². The average Bonchev–Trinajstić information content (AvgIpc) is 2.45. The van der Waals surface area contributed by atoms with Crippen molar-refractivity contribution < 1.29 is 23.9 Å². The molecule has 0 heterocycles. The minimum absolute atomic E-state index is 0.456. The molecule has 0 saturated carbocycles. The SMILES string of the molecule is CC[C@H](NC(=O)OC(C)(C)C)[C@@H](O[Si](CC)(CC)CC)C(=O)O. The highest BCUT2D eigenvalue weighted by atomic mass is 28.4. The normalized spacial score (nSPS) is 14.9. The highest BCUT2D eigenvalue weighted by Crippen LogP contribution is 2.25. The lowest BCUT2D eigenvalue weighted by molar-refractivity contribution is -0.147. The summed E-state index contributed by atoms with van der Waals surface area (Å²) in [6, 6.07) is 1.95. The van der Waals surface area contributed by atoms with Crippen molar-refractivity contribution in [3.05, 3.63) is 0 Å². The molecular formula is C16H33NO5Si. The highest BCUT2D eigenvalue weighted by molar-refractivity contribution is 6.73. The second-order valence-corrected chi connectivity index (χ2v) is 11.5. The van der Waals surface area contributed by atoms with Crippen molar-refractivity contribution >= 4 is 20.4 Å². The molecule has 1 amide bonds. The van der Waals surface area contributed by atoms with E-state index in [4.69, 9.17) is 9.16 Å². The van der Waals surface area contributed by atoms with Crippen LogP contribution in [0.4, 0.5) is 4.79 Å². The van der Waals surface area contributed by atoms with Gasteiger partial charge >= 0.3 is 12.1 Å². The molecule has 6 nitrogen and oxygen atoms in total. The Hall–Kier alpha value is -1.08. The Balaban J connectivity index is 5.16. The summed E-state index contributed by atoms with van der Waals surface area (Å²) >= 11 is 0. The van der Waals surface area contributed by atoms with Gasteiger partial charge in [0.2, 0.25) is 0 Å². The van der Waals surface area contributed by atoms with E-state index in [2.05, 4.69) is 5.32 Å². The van der Waals surface area contributed by atoms with Crippen LogP contribution in [0, 0.1) is 0 Å². The number of ether oxygens (including phenoxy) is 1. The van der Waals surface area contributed by atoms with E-state index in [-0.39, 0.29) is 0 Å². The quantitative estimate of drug-likeness (QED) is 0.620. The lowest BCUT2D eigenvalue weighted by Gasteiger charge is -2.35. The summed E-state index contributed by atoms with van der Waals surface area (Å²) in [4.78, 5) is 23.7. The first kappa shape index (κ1) is 21.9. The fraction of sp³-hybridized carbons (Fsp3) is 0.875. The van der Waals surface area contributed by atoms with E-state index in [1.807, 2.05) is 27.7 Å². The number of carboxylic acid groups (broad SMARTS) is 1. The maximum absolute atomic E-state index is 12.0. The summed E-state index contributed by atoms with van der Waals surface area (Å²) in [5.41, 5.74) is -0.628. The van der Waals surface area contributed by atoms with Crippen LogP contribution in [0.1, 0.15) is 54.9 Å². The van der Waals surface area contributed by atoms with Gasteiger partial charge in [-0.05, 0) is 45.3 Å². The minimum Gasteiger partial charge on any atom is -0.479 e. The third kappa shape index (κ3) is 7.35. The molecule has 0 saturated heterocycles. The maximum Gasteiger partial charge on any atom is 0.407 e. The summed E-state index contributed by atoms with van der Waals surface area (Å²) in [7, 11) is -2.09. The van der Waals surface area contributed by atoms with E-state index in [0.717, 1.165) is 18.1 Å². The van der Waals surface area contributed by atoms with E-state index in [1.165, 1.54) is 0 Å². The number of hydrogen-bond donors (Lipinski definition) is 2. The van der Waals surface area contributed by atoms with Gasteiger partial charge in [-0.1, -0.05) is 27.7 Å². The second kappa shape index (κ2) is 9.27. The largest absolute Gasteiger partial charge is 0.479 e. The Morgan fingerprint density at radius 1 is 1.09 bits per heavy atom. The van der Waals surface area contributed by atoms with Gasteiger partial charge in [0.25, 0.3) is 0 Å². The van der Waals surface area contributed by atoms with Gasteiger partial charge in [0, 0.05) is 0 Å². The summed E-state index contributed by atoms with van der Waals surface area (Å²) in [6.45, 7) is 13.3. The maximum atomic E-state index is 12.0. The molecular weight excluding hydrogens is 314 g/mol. The van der Waals surface area contributed by atoms with Crippen molar-refractivity contribution in [1.82, 2.24) is 5.32 Å². The summed E-state index contributed by atoms with van der Waals surface area (Å²) in [5.74, 6) is -1.04. The zero-order valence-corrected chi connectivity index (χ0v) is 16.6. The van der Waals surface area contributed by atoms with Crippen LogP contribution in [0.25, 0.3) is 0 Å². The van der Waals surface area contributed by atoms with Gasteiger partial charge in [0.05, 0.1) is 6.04 Å². The van der Waals surface area contributed by atoms with Crippen molar-refractivity contribution in [2.24, 2.45) is 0 Å². The first-order chi connectivity index (χ1) is 10.5. The fourth-order valence-electron chi connectivity index (χ4n) is 2.42. The van der Waals surface area contributed by atoms with Gasteiger partial charge in [0.1, 0.15) is 5.60 Å². The predicted octanol–water partition coefficient (Wildman–Crippen LogP) is 3.76. The highest BCUT2D eigenvalue weighted by Gasteiger charge is 2.39. The molecule has 23 heavy (non-hydrogen) atoms. The summed E-state index contributed by atoms with van der Waals surface area (Å²) in [5, 5.41) is 12.2. The van der Waals surface area contributed by atoms with Crippen molar-refractivity contribution in [1.29, 1.82) is 0 Å². The number of rotatable bonds is 9. The third-order valence-corrected chi connectivity index (χ3v) is 8.68. The van der Waals surface area contributed by atoms with E-state index in [9.17, 15) is 14.7 Å². The molecule has 2 N–H and O–H groups in total. The van der Waals surface area contributed by atoms with Gasteiger partial charge in [-0.15, -0.1) is 0 Å². The van der Waals surface area contributed by atoms with Gasteiger partial charge in [0.15, 0.2) is 14.4 Å². The third-order valence-electron chi connectivity index (χ3n) is 4.06. The number of amides is 1. The molecule has 2 atom stereocenters. The number of carboxylic acids is 1. The van der Waals surface area contributed by atoms with Crippen LogP contribution in [-0.2, 0) is 14.0 Å². The molecule has 0 aliphatic rings. The van der Waals surface area contributed by atoms with Crippen molar-refractivity contribution in [2.45, 2.75) is 90.8 Å². The molecule has 0 aliphatic heterocycles. The molecule has 136 valence electrons. The molecule has 0 aromatic heterocycles. The monoisotopic (exact) mass is 347 g/mol. The molecule has 0 aromatic rings. The Morgan fingerprint density at radius 3 is 1.87 bits per heavy atom. The number of carbonyl (C=O) groups is 2. The molecule has 0 aliphatic carbocycles. The van der Waals surface area contributed by atoms with Crippen LogP contribution in [0.5, 0.6) is 0 Å². The van der Waals surface area contributed by atoms with Crippen LogP contribution in [0.15, 0.2) is 0 Å². The fourth-order valence-corrected chi connectivity index (χ4v) is 5.23. The minimum atomic E-state index is -2.09. The van der Waals surface area contributed by atoms with E-state index in [0.29, 0.717) is 6.42 Å². The van der Waals surface area contributed by atoms with Gasteiger partial charge in [-0.25, -0.2) is 9.59 Å². The van der Waals surface area contributed by atoms with Crippen LogP contribution in [0.2, 0.25) is 18.1 Å². The molecule has 0 aromatic carbocycles. The average molecular weight is 348 g/mol. The number of nitrogens with one attached hydrogen (secondary N) is 1. The van der Waals surface area contributed by atoms with Gasteiger partial charge in [-0.2, -0.15) is 0 Å². The summed E-state index contributed by atoms with van der Waals surface area (Å²) in [6.07, 6.45) is -1.20. The van der Waals surface area contributed by atoms with Crippen molar-refractivity contribution in [3.63, 3.8) is 0 Å². The van der Waals surface area contributed by atoms with Crippen molar-refractivity contribution in [3.8, 4) is 0 Å². The van der Waals surface area contributed by atoms with Crippen LogP contribution < -0.4 is 5.32 Å². The Labute approximate surface area is 141 Å². The first-order valence-electron chi connectivity index (χ1n) is 8.44. The predicted molar refractivity (Wildman–Crippen MR) is 93.2 cm³/mol. The first-order valence-corrected chi connectivity index (χ1v) is 11.0. The second-order valence-electron chi connectivity index (χ2n) is 6.78. The Morgan fingerprint density at radius 2 is 1.57 bits per heavy atom. The lowest BCUT2D eigenvalue weighted by Crippen LogP contribution is -2.54. The molecule has 0 unspecified atom stereocenters. The number of carbonyl (C=O) groups excluding carboxylic acids is 1. The van der Waals surface area contributed by atoms with E-state index >= 15 is 0 Å². The molecule has 0 radical (unpaired) electrons. The number of aliphatic carboxylic acids is 1. The zero-order chi connectivity index (χ0) is 18.3. The van der Waals surface area contributed by atoms with Crippen LogP contribution in [0.3, 0.4) is 0 Å². The van der Waals surface area contributed by atoms with Crippen molar-refractivity contribution in [2.75, 3.05) is 0 Å². The zero-order valence-electron chi connectivity index (χ0n) is 15.6. The summed E-state index contributed by atoms with van der Waals surface area (Å²) < 4.78 is 11.3. The molecule has 0 bridgehead atoms. The van der Waals surface area contributed by atoms with Gasteiger partial charge in [-0.3, -0.25) is 0 Å². The molecule has 0 spiro atoms. The molecule has 0 rings (SSSR count). The lowest BCUT2D eigenvalue weighted by atomic mass is 10.1. The van der Waals surface area contributed by atoms with Crippen LogP contribution >= 0.6 is 0 Å². The topological polar surface area (TPSA) is 84.9 Å². The van der Waals surface area contributed by atoms with Gasteiger partial charge < -0.3 is 19.6 Å². The smallest absolute Gasteiger partial charge is 0.407 e. The number of hydrogen-bond acceptors (Lipinski definition) is 4. The number of alkyl carbamates (subject to hydrolysis) is 1. The molecule has 0 fully saturated rings.